The van der Waals surface area contributed by atoms with E-state index >= 15 is 0 Å². The fraction of sp³-hybridized carbons (Fsp3) is 0.545. The highest BCUT2D eigenvalue weighted by molar-refractivity contribution is 7.84. The minimum atomic E-state index is -0.988. The number of carboxylic acid groups (broad SMARTS) is 1. The molecule has 2 unspecified atom stereocenters. The minimum absolute atomic E-state index is 0.172. The maximum Gasteiger partial charge on any atom is 0.339 e. The first-order valence-electron chi connectivity index (χ1n) is 5.33. The van der Waals surface area contributed by atoms with Crippen molar-refractivity contribution >= 4 is 16.8 Å². The van der Waals surface area contributed by atoms with Gasteiger partial charge in [0.25, 0.3) is 0 Å². The molecule has 1 aromatic heterocycles. The molecule has 0 amide bonds. The molecule has 0 fully saturated rings. The van der Waals surface area contributed by atoms with Gasteiger partial charge in [-0.05, 0) is 19.4 Å². The molecule has 6 heteroatoms. The number of carbonyl (C=O) groups is 1. The van der Waals surface area contributed by atoms with Gasteiger partial charge in [-0.1, -0.05) is 0 Å². The standard InChI is InChI=1S/C11H17NO4S/c1-8(4-6-17(2)15)12-7-10-9(11(13)14)3-5-16-10/h3,5,8,12H,4,6-7H2,1-2H3,(H,13,14). The fourth-order valence-corrected chi connectivity index (χ4v) is 2.07. The van der Waals surface area contributed by atoms with Crippen molar-refractivity contribution in [1.29, 1.82) is 0 Å². The Balaban J connectivity index is 2.42. The molecule has 0 aliphatic rings. The van der Waals surface area contributed by atoms with Gasteiger partial charge in [0.2, 0.25) is 0 Å². The van der Waals surface area contributed by atoms with Crippen molar-refractivity contribution in [3.63, 3.8) is 0 Å². The zero-order valence-corrected chi connectivity index (χ0v) is 10.8. The number of hydrogen-bond donors (Lipinski definition) is 2. The summed E-state index contributed by atoms with van der Waals surface area (Å²) >= 11 is 0. The number of hydrogen-bond acceptors (Lipinski definition) is 4. The van der Waals surface area contributed by atoms with Gasteiger partial charge in [0.1, 0.15) is 11.3 Å². The first-order valence-corrected chi connectivity index (χ1v) is 7.06. The lowest BCUT2D eigenvalue weighted by Gasteiger charge is -2.11. The second-order valence-electron chi connectivity index (χ2n) is 3.91. The van der Waals surface area contributed by atoms with Crippen LogP contribution in [0.5, 0.6) is 0 Å². The monoisotopic (exact) mass is 259 g/mol. The third-order valence-electron chi connectivity index (χ3n) is 2.43. The first kappa shape index (κ1) is 13.9. The van der Waals surface area contributed by atoms with Gasteiger partial charge in [0.05, 0.1) is 12.8 Å². The third-order valence-corrected chi connectivity index (χ3v) is 3.24. The molecule has 0 aliphatic carbocycles. The number of nitrogens with one attached hydrogen (secondary N) is 1. The predicted molar refractivity (Wildman–Crippen MR) is 65.5 cm³/mol. The SMILES string of the molecule is CC(CCS(C)=O)NCc1occc1C(=O)O. The van der Waals surface area contributed by atoms with Crippen molar-refractivity contribution < 1.29 is 18.5 Å². The zero-order chi connectivity index (χ0) is 12.8. The number of carboxylic acids is 1. The summed E-state index contributed by atoms with van der Waals surface area (Å²) in [5.74, 6) is 0.0674. The number of furan rings is 1. The van der Waals surface area contributed by atoms with E-state index in [4.69, 9.17) is 9.52 Å². The van der Waals surface area contributed by atoms with Crippen LogP contribution in [0, 0.1) is 0 Å². The Labute approximate surface area is 103 Å². The Morgan fingerprint density at radius 2 is 2.35 bits per heavy atom. The molecule has 2 atom stereocenters. The molecule has 1 rings (SSSR count). The average Bonchev–Trinajstić information content (AvgIpc) is 2.71. The molecule has 1 aromatic rings. The van der Waals surface area contributed by atoms with Crippen molar-refractivity contribution in [1.82, 2.24) is 5.32 Å². The molecule has 96 valence electrons. The molecule has 1 heterocycles. The Bertz CT molecular complexity index is 402. The maximum atomic E-state index is 10.9. The molecule has 0 radical (unpaired) electrons. The van der Waals surface area contributed by atoms with Gasteiger partial charge in [0, 0.05) is 28.9 Å². The van der Waals surface area contributed by atoms with E-state index in [0.717, 1.165) is 6.42 Å². The van der Waals surface area contributed by atoms with Crippen molar-refractivity contribution in [3.05, 3.63) is 23.7 Å². The smallest absolute Gasteiger partial charge is 0.339 e. The van der Waals surface area contributed by atoms with Crippen molar-refractivity contribution in [2.45, 2.75) is 25.9 Å². The van der Waals surface area contributed by atoms with E-state index in [9.17, 15) is 9.00 Å². The molecular formula is C11H17NO4S. The van der Waals surface area contributed by atoms with Gasteiger partial charge in [-0.25, -0.2) is 4.79 Å². The molecule has 17 heavy (non-hydrogen) atoms. The van der Waals surface area contributed by atoms with E-state index in [2.05, 4.69) is 5.32 Å². The normalized spacial score (nSPS) is 14.5. The molecule has 2 N–H and O–H groups in total. The molecule has 5 nitrogen and oxygen atoms in total. The average molecular weight is 259 g/mol. The van der Waals surface area contributed by atoms with Crippen LogP contribution in [0.2, 0.25) is 0 Å². The predicted octanol–water partition coefficient (Wildman–Crippen LogP) is 1.22. The Hall–Kier alpha value is -1.14. The van der Waals surface area contributed by atoms with Gasteiger partial charge in [0.15, 0.2) is 0 Å². The summed E-state index contributed by atoms with van der Waals surface area (Å²) in [6.45, 7) is 2.34. The van der Waals surface area contributed by atoms with Gasteiger partial charge in [-0.2, -0.15) is 0 Å². The topological polar surface area (TPSA) is 79.5 Å². The molecule has 0 spiro atoms. The number of aromatic carboxylic acids is 1. The lowest BCUT2D eigenvalue weighted by molar-refractivity contribution is 0.0694. The van der Waals surface area contributed by atoms with Gasteiger partial charge >= 0.3 is 5.97 Å². The lowest BCUT2D eigenvalue weighted by atomic mass is 10.2. The second kappa shape index (κ2) is 6.56. The Morgan fingerprint density at radius 1 is 1.65 bits per heavy atom. The van der Waals surface area contributed by atoms with Crippen LogP contribution in [-0.4, -0.2) is 33.3 Å². The van der Waals surface area contributed by atoms with Crippen LogP contribution < -0.4 is 5.32 Å². The van der Waals surface area contributed by atoms with Crippen LogP contribution >= 0.6 is 0 Å². The van der Waals surface area contributed by atoms with Crippen LogP contribution in [0.3, 0.4) is 0 Å². The lowest BCUT2D eigenvalue weighted by Crippen LogP contribution is -2.27. The summed E-state index contributed by atoms with van der Waals surface area (Å²) in [6, 6.07) is 1.61. The summed E-state index contributed by atoms with van der Waals surface area (Å²) in [7, 11) is -0.796. The molecule has 0 saturated heterocycles. The zero-order valence-electron chi connectivity index (χ0n) is 9.93. The van der Waals surface area contributed by atoms with E-state index in [1.54, 1.807) is 6.26 Å². The molecule has 0 saturated carbocycles. The molecule has 0 aliphatic heterocycles. The number of rotatable bonds is 7. The van der Waals surface area contributed by atoms with Crippen LogP contribution in [0.1, 0.15) is 29.5 Å². The van der Waals surface area contributed by atoms with Crippen LogP contribution in [0.4, 0.5) is 0 Å². The van der Waals surface area contributed by atoms with Crippen molar-refractivity contribution in [2.75, 3.05) is 12.0 Å². The highest BCUT2D eigenvalue weighted by Gasteiger charge is 2.13. The van der Waals surface area contributed by atoms with Crippen LogP contribution in [0.15, 0.2) is 16.7 Å². The quantitative estimate of drug-likeness (QED) is 0.769. The minimum Gasteiger partial charge on any atom is -0.478 e. The van der Waals surface area contributed by atoms with Gasteiger partial charge in [-0.15, -0.1) is 0 Å². The van der Waals surface area contributed by atoms with Crippen molar-refractivity contribution in [3.8, 4) is 0 Å². The molecule has 0 bridgehead atoms. The van der Waals surface area contributed by atoms with E-state index < -0.39 is 16.8 Å². The summed E-state index contributed by atoms with van der Waals surface area (Å²) in [5.41, 5.74) is 0.184. The van der Waals surface area contributed by atoms with Gasteiger partial charge < -0.3 is 14.8 Å². The van der Waals surface area contributed by atoms with Crippen LogP contribution in [-0.2, 0) is 17.3 Å². The van der Waals surface area contributed by atoms with E-state index in [1.807, 2.05) is 6.92 Å². The Morgan fingerprint density at radius 3 is 2.94 bits per heavy atom. The third kappa shape index (κ3) is 4.70. The summed E-state index contributed by atoms with van der Waals surface area (Å²) in [5, 5.41) is 12.0. The summed E-state index contributed by atoms with van der Waals surface area (Å²) < 4.78 is 16.0. The highest BCUT2D eigenvalue weighted by Crippen LogP contribution is 2.10. The maximum absolute atomic E-state index is 10.9. The summed E-state index contributed by atoms with van der Waals surface area (Å²) in [4.78, 5) is 10.8. The molecular weight excluding hydrogens is 242 g/mol. The van der Waals surface area contributed by atoms with Crippen LogP contribution in [0.25, 0.3) is 0 Å². The highest BCUT2D eigenvalue weighted by atomic mass is 32.2. The Kier molecular flexibility index (Phi) is 5.37. The fourth-order valence-electron chi connectivity index (χ4n) is 1.38. The largest absolute Gasteiger partial charge is 0.478 e. The molecule has 0 aromatic carbocycles. The summed E-state index contributed by atoms with van der Waals surface area (Å²) in [6.07, 6.45) is 3.82. The first-order chi connectivity index (χ1) is 8.00. The van der Waals surface area contributed by atoms with E-state index in [1.165, 1.54) is 12.3 Å². The van der Waals surface area contributed by atoms with E-state index in [0.29, 0.717) is 18.1 Å². The second-order valence-corrected chi connectivity index (χ2v) is 5.47. The van der Waals surface area contributed by atoms with Gasteiger partial charge in [-0.3, -0.25) is 4.21 Å². The van der Waals surface area contributed by atoms with Crippen molar-refractivity contribution in [2.24, 2.45) is 0 Å². The van der Waals surface area contributed by atoms with E-state index in [-0.39, 0.29) is 11.6 Å².